The van der Waals surface area contributed by atoms with Gasteiger partial charge in [-0.25, -0.2) is 0 Å². The predicted octanol–water partition coefficient (Wildman–Crippen LogP) is 9.06. The molecule has 2 aromatic carbocycles. The van der Waals surface area contributed by atoms with Crippen LogP contribution in [0.15, 0.2) is 60.7 Å². The summed E-state index contributed by atoms with van der Waals surface area (Å²) >= 11 is 0. The summed E-state index contributed by atoms with van der Waals surface area (Å²) in [5, 5.41) is 0. The van der Waals surface area contributed by atoms with Crippen molar-refractivity contribution in [2.45, 2.75) is 94.7 Å². The quantitative estimate of drug-likeness (QED) is 0.391. The third-order valence-corrected chi connectivity index (χ3v) is 16.2. The molecule has 10 unspecified atom stereocenters. The van der Waals surface area contributed by atoms with Crippen molar-refractivity contribution < 1.29 is 0 Å². The van der Waals surface area contributed by atoms with Gasteiger partial charge in [0.2, 0.25) is 0 Å². The molecular formula is C33H46Si. The Hall–Kier alpha value is -1.34. The maximum atomic E-state index is 2.85. The molecule has 6 rings (SSSR count). The first-order valence-electron chi connectivity index (χ1n) is 14.7. The van der Waals surface area contributed by atoms with Crippen LogP contribution in [0.4, 0.5) is 0 Å². The van der Waals surface area contributed by atoms with Crippen LogP contribution < -0.4 is 0 Å². The molecule has 0 radical (unpaired) electrons. The Kier molecular flexibility index (Phi) is 6.52. The molecule has 0 nitrogen and oxygen atoms in total. The highest BCUT2D eigenvalue weighted by Crippen LogP contribution is 2.64. The topological polar surface area (TPSA) is 0 Å². The summed E-state index contributed by atoms with van der Waals surface area (Å²) in [7, 11) is -0.853. The largest absolute Gasteiger partial charge is 0.0716 e. The van der Waals surface area contributed by atoms with Gasteiger partial charge in [0.1, 0.15) is 0 Å². The Balaban J connectivity index is 1.24. The van der Waals surface area contributed by atoms with Gasteiger partial charge in [-0.15, -0.1) is 0 Å². The summed E-state index contributed by atoms with van der Waals surface area (Å²) in [6, 6.07) is 23.2. The maximum Gasteiger partial charge on any atom is 0.0410 e. The SMILES string of the molecule is CC1CC2C(c3ccccc3)CCCC2C1[SiH](C)C1C(C)CC2C(c3ccccc3)CCCC21. The molecule has 10 atom stereocenters. The maximum absolute atomic E-state index is 2.85. The van der Waals surface area contributed by atoms with Gasteiger partial charge in [-0.1, -0.05) is 107 Å². The van der Waals surface area contributed by atoms with Gasteiger partial charge in [-0.05, 0) is 95.2 Å². The fraction of sp³-hybridized carbons (Fsp3) is 0.636. The third kappa shape index (κ3) is 3.95. The number of rotatable bonds is 4. The number of hydrogen-bond acceptors (Lipinski definition) is 0. The summed E-state index contributed by atoms with van der Waals surface area (Å²) < 4.78 is 0. The molecule has 34 heavy (non-hydrogen) atoms. The van der Waals surface area contributed by atoms with Gasteiger partial charge in [0, 0.05) is 8.80 Å². The fourth-order valence-corrected chi connectivity index (χ4v) is 16.0. The Morgan fingerprint density at radius 2 is 0.971 bits per heavy atom. The second-order valence-electron chi connectivity index (χ2n) is 13.0. The van der Waals surface area contributed by atoms with Crippen LogP contribution in [-0.2, 0) is 0 Å². The second-order valence-corrected chi connectivity index (χ2v) is 16.2. The lowest BCUT2D eigenvalue weighted by Crippen LogP contribution is -2.37. The number of fused-ring (bicyclic) bond motifs is 2. The first kappa shape index (κ1) is 23.1. The molecule has 182 valence electrons. The van der Waals surface area contributed by atoms with Crippen molar-refractivity contribution in [1.29, 1.82) is 0 Å². The zero-order valence-corrected chi connectivity index (χ0v) is 22.9. The standard InChI is InChI=1S/C33H46Si/c1-22-20-30-26(24-12-6-4-7-13-24)16-10-18-28(30)32(22)34(3)33-23(2)21-31-27(17-11-19-29(31)33)25-14-8-5-9-15-25/h4-9,12-15,22-23,26-34H,10-11,16-21H2,1-3H3. The molecule has 4 fully saturated rings. The van der Waals surface area contributed by atoms with Crippen LogP contribution in [0.25, 0.3) is 0 Å². The zero-order valence-electron chi connectivity index (χ0n) is 21.8. The van der Waals surface area contributed by atoms with E-state index >= 15 is 0 Å². The van der Waals surface area contributed by atoms with Gasteiger partial charge in [0.05, 0.1) is 0 Å². The molecule has 0 amide bonds. The normalized spacial score (nSPS) is 42.7. The van der Waals surface area contributed by atoms with Gasteiger partial charge in [-0.2, -0.15) is 0 Å². The molecule has 4 saturated carbocycles. The number of benzene rings is 2. The van der Waals surface area contributed by atoms with Gasteiger partial charge >= 0.3 is 0 Å². The summed E-state index contributed by atoms with van der Waals surface area (Å²) in [6.45, 7) is 8.18. The zero-order chi connectivity index (χ0) is 23.2. The average Bonchev–Trinajstić information content (AvgIpc) is 3.39. The van der Waals surface area contributed by atoms with Crippen molar-refractivity contribution in [3.05, 3.63) is 71.8 Å². The van der Waals surface area contributed by atoms with E-state index in [1.54, 1.807) is 11.1 Å². The van der Waals surface area contributed by atoms with E-state index in [-0.39, 0.29) is 0 Å². The van der Waals surface area contributed by atoms with Crippen molar-refractivity contribution in [1.82, 2.24) is 0 Å². The smallest absolute Gasteiger partial charge is 0.0410 e. The van der Waals surface area contributed by atoms with E-state index in [1.165, 1.54) is 51.4 Å². The van der Waals surface area contributed by atoms with Gasteiger partial charge in [0.25, 0.3) is 0 Å². The Labute approximate surface area is 210 Å². The highest BCUT2D eigenvalue weighted by Gasteiger charge is 2.54. The molecule has 0 saturated heterocycles. The number of hydrogen-bond donors (Lipinski definition) is 0. The predicted molar refractivity (Wildman–Crippen MR) is 148 cm³/mol. The van der Waals surface area contributed by atoms with Gasteiger partial charge < -0.3 is 0 Å². The molecule has 0 spiro atoms. The lowest BCUT2D eigenvalue weighted by atomic mass is 9.71. The van der Waals surface area contributed by atoms with E-state index in [0.29, 0.717) is 0 Å². The van der Waals surface area contributed by atoms with Crippen LogP contribution in [-0.4, -0.2) is 8.80 Å². The summed E-state index contributed by atoms with van der Waals surface area (Å²) in [4.78, 5) is 0. The lowest BCUT2D eigenvalue weighted by molar-refractivity contribution is 0.228. The van der Waals surface area contributed by atoms with E-state index in [1.807, 2.05) is 0 Å². The Morgan fingerprint density at radius 1 is 0.559 bits per heavy atom. The van der Waals surface area contributed by atoms with Crippen molar-refractivity contribution in [3.63, 3.8) is 0 Å². The first-order chi connectivity index (χ1) is 16.6. The fourth-order valence-electron chi connectivity index (χ4n) is 10.6. The van der Waals surface area contributed by atoms with Crippen LogP contribution in [0, 0.1) is 35.5 Å². The average molecular weight is 471 g/mol. The van der Waals surface area contributed by atoms with E-state index in [2.05, 4.69) is 81.1 Å². The molecule has 0 bridgehead atoms. The van der Waals surface area contributed by atoms with Crippen LogP contribution in [0.1, 0.15) is 88.2 Å². The molecule has 0 aliphatic heterocycles. The van der Waals surface area contributed by atoms with Crippen LogP contribution in [0.2, 0.25) is 17.6 Å². The lowest BCUT2D eigenvalue weighted by Gasteiger charge is -2.43. The first-order valence-corrected chi connectivity index (χ1v) is 17.2. The van der Waals surface area contributed by atoms with Crippen LogP contribution >= 0.6 is 0 Å². The molecule has 0 N–H and O–H groups in total. The second kappa shape index (κ2) is 9.60. The summed E-state index contributed by atoms with van der Waals surface area (Å²) in [5.41, 5.74) is 5.46. The highest BCUT2D eigenvalue weighted by atomic mass is 28.3. The molecule has 4 aliphatic carbocycles. The molecular weight excluding hydrogens is 424 g/mol. The van der Waals surface area contributed by atoms with Crippen molar-refractivity contribution in [2.24, 2.45) is 35.5 Å². The van der Waals surface area contributed by atoms with E-state index < -0.39 is 8.80 Å². The van der Waals surface area contributed by atoms with Crippen molar-refractivity contribution in [3.8, 4) is 0 Å². The molecule has 0 aromatic heterocycles. The minimum atomic E-state index is -0.853. The minimum Gasteiger partial charge on any atom is -0.0716 e. The molecule has 1 heteroatoms. The molecule has 0 heterocycles. The summed E-state index contributed by atoms with van der Waals surface area (Å²) in [6.07, 6.45) is 11.9. The minimum absolute atomic E-state index is 0.833. The molecule has 4 aliphatic rings. The Bertz CT molecular complexity index is 860. The third-order valence-electron chi connectivity index (χ3n) is 11.5. The van der Waals surface area contributed by atoms with E-state index in [0.717, 1.165) is 58.4 Å². The van der Waals surface area contributed by atoms with Crippen LogP contribution in [0.3, 0.4) is 0 Å². The van der Waals surface area contributed by atoms with Crippen LogP contribution in [0.5, 0.6) is 0 Å². The van der Waals surface area contributed by atoms with E-state index in [9.17, 15) is 0 Å². The van der Waals surface area contributed by atoms with Crippen molar-refractivity contribution in [2.75, 3.05) is 0 Å². The molecule has 2 aromatic rings. The van der Waals surface area contributed by atoms with Crippen molar-refractivity contribution >= 4 is 8.80 Å². The summed E-state index contributed by atoms with van der Waals surface area (Å²) in [5.74, 6) is 7.55. The Morgan fingerprint density at radius 3 is 1.38 bits per heavy atom. The monoisotopic (exact) mass is 470 g/mol. The van der Waals surface area contributed by atoms with Gasteiger partial charge in [0.15, 0.2) is 0 Å². The van der Waals surface area contributed by atoms with Gasteiger partial charge in [-0.3, -0.25) is 0 Å². The highest BCUT2D eigenvalue weighted by molar-refractivity contribution is 6.61. The van der Waals surface area contributed by atoms with E-state index in [4.69, 9.17) is 0 Å².